The van der Waals surface area contributed by atoms with Crippen molar-refractivity contribution in [3.05, 3.63) is 59.2 Å². The molecule has 1 N–H and O–H groups in total. The van der Waals surface area contributed by atoms with Gasteiger partial charge in [-0.3, -0.25) is 4.98 Å². The Hall–Kier alpha value is -2.56. The van der Waals surface area contributed by atoms with Crippen LogP contribution in [0.1, 0.15) is 0 Å². The highest BCUT2D eigenvalue weighted by molar-refractivity contribution is 5.95. The Balaban J connectivity index is 2.38. The van der Waals surface area contributed by atoms with Gasteiger partial charge in [-0.15, -0.1) is 0 Å². The third-order valence-corrected chi connectivity index (χ3v) is 2.72. The largest absolute Gasteiger partial charge is 0.345 e. The van der Waals surface area contributed by atoms with E-state index in [1.165, 1.54) is 0 Å². The van der Waals surface area contributed by atoms with Crippen molar-refractivity contribution in [2.24, 2.45) is 0 Å². The molecule has 0 radical (unpaired) electrons. The van der Waals surface area contributed by atoms with Gasteiger partial charge in [0.05, 0.1) is 11.9 Å². The van der Waals surface area contributed by atoms with Crippen LogP contribution in [0.5, 0.6) is 0 Å². The third kappa shape index (κ3) is 1.66. The molecule has 0 bridgehead atoms. The third-order valence-electron chi connectivity index (χ3n) is 2.72. The van der Waals surface area contributed by atoms with Gasteiger partial charge in [0, 0.05) is 23.3 Å². The molecule has 3 rings (SSSR count). The van der Waals surface area contributed by atoms with Crippen LogP contribution in [-0.2, 0) is 0 Å². The number of rotatable bonds is 1. The number of H-pyrrole nitrogens is 1. The fourth-order valence-corrected chi connectivity index (χ4v) is 1.91. The molecule has 0 atom stereocenters. The number of halogens is 1. The topological polar surface area (TPSA) is 58.6 Å². The molecule has 4 nitrogen and oxygen atoms in total. The molecular weight excluding hydrogens is 233 g/mol. The number of benzene rings is 1. The van der Waals surface area contributed by atoms with Crippen molar-refractivity contribution < 1.29 is 4.39 Å². The van der Waals surface area contributed by atoms with Gasteiger partial charge in [0.25, 0.3) is 0 Å². The second kappa shape index (κ2) is 4.03. The molecule has 0 aliphatic heterocycles. The van der Waals surface area contributed by atoms with Gasteiger partial charge in [-0.25, -0.2) is 9.18 Å². The predicted octanol–water partition coefficient (Wildman–Crippen LogP) is 2.12. The maximum Gasteiger partial charge on any atom is 0.345 e. The van der Waals surface area contributed by atoms with Gasteiger partial charge in [0.1, 0.15) is 0 Å². The fraction of sp³-hybridized carbons (Fsp3) is 0. The average molecular weight is 241 g/mol. The van der Waals surface area contributed by atoms with Crippen molar-refractivity contribution in [2.75, 3.05) is 0 Å². The minimum Gasteiger partial charge on any atom is -0.303 e. The van der Waals surface area contributed by atoms with Crippen molar-refractivity contribution in [3.63, 3.8) is 0 Å². The number of pyridine rings is 1. The summed E-state index contributed by atoms with van der Waals surface area (Å²) in [6.45, 7) is 0. The summed E-state index contributed by atoms with van der Waals surface area (Å²) in [5.74, 6) is -0.564. The lowest BCUT2D eigenvalue weighted by Crippen LogP contribution is -2.11. The number of nitrogens with one attached hydrogen (secondary N) is 1. The Kier molecular flexibility index (Phi) is 2.37. The number of fused-ring (bicyclic) bond motifs is 1. The number of aromatic amines is 1. The van der Waals surface area contributed by atoms with E-state index in [4.69, 9.17) is 0 Å². The van der Waals surface area contributed by atoms with Crippen molar-refractivity contribution in [3.8, 4) is 11.3 Å². The molecule has 0 aliphatic carbocycles. The van der Waals surface area contributed by atoms with Crippen molar-refractivity contribution in [2.45, 2.75) is 0 Å². The molecule has 2 aromatic heterocycles. The van der Waals surface area contributed by atoms with Crippen LogP contribution in [0, 0.1) is 5.82 Å². The molecule has 5 heteroatoms. The number of hydrogen-bond donors (Lipinski definition) is 1. The maximum absolute atomic E-state index is 13.7. The second-order valence-corrected chi connectivity index (χ2v) is 3.81. The van der Waals surface area contributed by atoms with Crippen LogP contribution in [0.25, 0.3) is 22.0 Å². The molecule has 0 saturated carbocycles. The molecule has 0 fully saturated rings. The lowest BCUT2D eigenvalue weighted by Gasteiger charge is -2.06. The first-order valence-electron chi connectivity index (χ1n) is 5.33. The van der Waals surface area contributed by atoms with Crippen LogP contribution in [0.4, 0.5) is 4.39 Å². The molecule has 18 heavy (non-hydrogen) atoms. The molecular formula is C13H8FN3O. The maximum atomic E-state index is 13.7. The SMILES string of the molecule is O=c1ncc(F)c(-c2cccc3ccncc23)[nH]1. The van der Waals surface area contributed by atoms with E-state index in [1.54, 1.807) is 24.5 Å². The average Bonchev–Trinajstić information content (AvgIpc) is 2.41. The first-order valence-corrected chi connectivity index (χ1v) is 5.33. The Morgan fingerprint density at radius 2 is 2.06 bits per heavy atom. The molecule has 0 amide bonds. The molecule has 0 saturated heterocycles. The lowest BCUT2D eigenvalue weighted by molar-refractivity contribution is 0.615. The summed E-state index contributed by atoms with van der Waals surface area (Å²) in [5, 5.41) is 1.71. The van der Waals surface area contributed by atoms with Crippen LogP contribution < -0.4 is 5.69 Å². The van der Waals surface area contributed by atoms with E-state index < -0.39 is 11.5 Å². The highest BCUT2D eigenvalue weighted by Crippen LogP contribution is 2.27. The number of hydrogen-bond acceptors (Lipinski definition) is 3. The van der Waals surface area contributed by atoms with E-state index in [0.717, 1.165) is 17.0 Å². The van der Waals surface area contributed by atoms with Crippen LogP contribution >= 0.6 is 0 Å². The van der Waals surface area contributed by atoms with Gasteiger partial charge in [-0.05, 0) is 11.5 Å². The highest BCUT2D eigenvalue weighted by Gasteiger charge is 2.10. The number of nitrogens with zero attached hydrogens (tertiary/aromatic N) is 2. The molecule has 0 unspecified atom stereocenters. The minimum absolute atomic E-state index is 0.133. The van der Waals surface area contributed by atoms with Crippen molar-refractivity contribution in [1.82, 2.24) is 15.0 Å². The second-order valence-electron chi connectivity index (χ2n) is 3.81. The lowest BCUT2D eigenvalue weighted by atomic mass is 10.0. The molecule has 0 aliphatic rings. The van der Waals surface area contributed by atoms with Gasteiger partial charge in [0.15, 0.2) is 5.82 Å². The van der Waals surface area contributed by atoms with Gasteiger partial charge >= 0.3 is 5.69 Å². The van der Waals surface area contributed by atoms with Crippen LogP contribution in [0.2, 0.25) is 0 Å². The predicted molar refractivity (Wildman–Crippen MR) is 65.6 cm³/mol. The normalized spacial score (nSPS) is 10.7. The van der Waals surface area contributed by atoms with E-state index in [9.17, 15) is 9.18 Å². The summed E-state index contributed by atoms with van der Waals surface area (Å²) in [5.41, 5.74) is 0.151. The first kappa shape index (κ1) is 10.6. The summed E-state index contributed by atoms with van der Waals surface area (Å²) in [4.78, 5) is 21.0. The van der Waals surface area contributed by atoms with E-state index in [1.807, 2.05) is 12.1 Å². The monoisotopic (exact) mass is 241 g/mol. The summed E-state index contributed by atoms with van der Waals surface area (Å²) in [6.07, 6.45) is 4.23. The van der Waals surface area contributed by atoms with E-state index in [2.05, 4.69) is 15.0 Å². The van der Waals surface area contributed by atoms with Gasteiger partial charge in [0.2, 0.25) is 0 Å². The van der Waals surface area contributed by atoms with E-state index in [-0.39, 0.29) is 5.69 Å². The van der Waals surface area contributed by atoms with Crippen LogP contribution in [-0.4, -0.2) is 15.0 Å². The Labute approximate surface area is 101 Å². The standard InChI is InChI=1S/C13H8FN3O/c14-11-7-16-13(18)17-12(11)9-3-1-2-8-4-5-15-6-10(8)9/h1-7H,(H,16,17,18). The molecule has 3 aromatic rings. The first-order chi connectivity index (χ1) is 8.75. The zero-order valence-corrected chi connectivity index (χ0v) is 9.22. The minimum atomic E-state index is -0.577. The summed E-state index contributed by atoms with van der Waals surface area (Å²) < 4.78 is 13.7. The molecule has 1 aromatic carbocycles. The zero-order chi connectivity index (χ0) is 12.5. The summed E-state index contributed by atoms with van der Waals surface area (Å²) in [6, 6.07) is 7.27. The van der Waals surface area contributed by atoms with Crippen LogP contribution in [0.3, 0.4) is 0 Å². The fourth-order valence-electron chi connectivity index (χ4n) is 1.91. The molecule has 2 heterocycles. The van der Waals surface area contributed by atoms with Gasteiger partial charge < -0.3 is 4.98 Å². The summed E-state index contributed by atoms with van der Waals surface area (Å²) >= 11 is 0. The Bertz CT molecular complexity index is 777. The highest BCUT2D eigenvalue weighted by atomic mass is 19.1. The zero-order valence-electron chi connectivity index (χ0n) is 9.22. The molecule has 0 spiro atoms. The van der Waals surface area contributed by atoms with Crippen molar-refractivity contribution >= 4 is 10.8 Å². The smallest absolute Gasteiger partial charge is 0.303 e. The van der Waals surface area contributed by atoms with Crippen molar-refractivity contribution in [1.29, 1.82) is 0 Å². The van der Waals surface area contributed by atoms with Crippen LogP contribution in [0.15, 0.2) is 47.7 Å². The van der Waals surface area contributed by atoms with E-state index in [0.29, 0.717) is 5.56 Å². The quantitative estimate of drug-likeness (QED) is 0.710. The Morgan fingerprint density at radius 3 is 2.94 bits per heavy atom. The molecule has 88 valence electrons. The van der Waals surface area contributed by atoms with Gasteiger partial charge in [-0.2, -0.15) is 4.98 Å². The van der Waals surface area contributed by atoms with Gasteiger partial charge in [-0.1, -0.05) is 18.2 Å². The summed E-state index contributed by atoms with van der Waals surface area (Å²) in [7, 11) is 0. The Morgan fingerprint density at radius 1 is 1.17 bits per heavy atom. The van der Waals surface area contributed by atoms with E-state index >= 15 is 0 Å². The number of aromatic nitrogens is 3.